The number of amides is 1. The highest BCUT2D eigenvalue weighted by Gasteiger charge is 2.10. The van der Waals surface area contributed by atoms with E-state index in [1.54, 1.807) is 24.5 Å². The minimum atomic E-state index is -0.173. The standard InChI is InChI=1S/C11H11BrN4O/c1-16-6-5-13-9(16)7-15-11(17)8-3-2-4-14-10(8)12/h2-6H,7H2,1H3,(H,15,17). The lowest BCUT2D eigenvalue weighted by atomic mass is 10.3. The zero-order valence-electron chi connectivity index (χ0n) is 9.22. The molecule has 1 amide bonds. The largest absolute Gasteiger partial charge is 0.345 e. The summed E-state index contributed by atoms with van der Waals surface area (Å²) in [5.74, 6) is 0.631. The van der Waals surface area contributed by atoms with Gasteiger partial charge in [-0.1, -0.05) is 0 Å². The Balaban J connectivity index is 2.04. The number of halogens is 1. The van der Waals surface area contributed by atoms with Gasteiger partial charge in [-0.15, -0.1) is 0 Å². The first-order chi connectivity index (χ1) is 8.18. The van der Waals surface area contributed by atoms with E-state index in [2.05, 4.69) is 31.2 Å². The fourth-order valence-electron chi connectivity index (χ4n) is 1.38. The molecular weight excluding hydrogens is 284 g/mol. The van der Waals surface area contributed by atoms with Crippen molar-refractivity contribution in [2.24, 2.45) is 7.05 Å². The molecule has 0 aliphatic heterocycles. The fourth-order valence-corrected chi connectivity index (χ4v) is 1.81. The van der Waals surface area contributed by atoms with Crippen LogP contribution >= 0.6 is 15.9 Å². The highest BCUT2D eigenvalue weighted by Crippen LogP contribution is 2.12. The first kappa shape index (κ1) is 11.8. The first-order valence-corrected chi connectivity index (χ1v) is 5.82. The third kappa shape index (κ3) is 2.71. The Kier molecular flexibility index (Phi) is 3.53. The molecule has 0 aliphatic carbocycles. The van der Waals surface area contributed by atoms with E-state index in [9.17, 15) is 4.79 Å². The molecule has 0 aliphatic rings. The summed E-state index contributed by atoms with van der Waals surface area (Å²) in [6.07, 6.45) is 5.16. The van der Waals surface area contributed by atoms with Crippen LogP contribution in [0.5, 0.6) is 0 Å². The summed E-state index contributed by atoms with van der Waals surface area (Å²) in [7, 11) is 1.88. The molecule has 1 N–H and O–H groups in total. The van der Waals surface area contributed by atoms with Gasteiger partial charge in [0.15, 0.2) is 0 Å². The Bertz CT molecular complexity index is 538. The van der Waals surface area contributed by atoms with E-state index >= 15 is 0 Å². The van der Waals surface area contributed by atoms with Crippen molar-refractivity contribution in [3.63, 3.8) is 0 Å². The molecule has 2 aromatic heterocycles. The Hall–Kier alpha value is -1.69. The number of hydrogen-bond acceptors (Lipinski definition) is 3. The number of pyridine rings is 1. The van der Waals surface area contributed by atoms with E-state index in [0.717, 1.165) is 5.82 Å². The van der Waals surface area contributed by atoms with E-state index in [0.29, 0.717) is 16.7 Å². The van der Waals surface area contributed by atoms with E-state index in [4.69, 9.17) is 0 Å². The van der Waals surface area contributed by atoms with Crippen LogP contribution in [-0.2, 0) is 13.6 Å². The average molecular weight is 295 g/mol. The van der Waals surface area contributed by atoms with Gasteiger partial charge >= 0.3 is 0 Å². The molecule has 0 saturated carbocycles. The molecule has 2 rings (SSSR count). The van der Waals surface area contributed by atoms with E-state index in [1.165, 1.54) is 0 Å². The van der Waals surface area contributed by atoms with Crippen molar-refractivity contribution < 1.29 is 4.79 Å². The minimum absolute atomic E-state index is 0.173. The van der Waals surface area contributed by atoms with Gasteiger partial charge in [0.2, 0.25) is 0 Å². The van der Waals surface area contributed by atoms with Crippen molar-refractivity contribution in [3.05, 3.63) is 46.7 Å². The van der Waals surface area contributed by atoms with Gasteiger partial charge in [0, 0.05) is 25.6 Å². The fraction of sp³-hybridized carbons (Fsp3) is 0.182. The molecule has 0 radical (unpaired) electrons. The highest BCUT2D eigenvalue weighted by molar-refractivity contribution is 9.10. The highest BCUT2D eigenvalue weighted by atomic mass is 79.9. The second-order valence-corrected chi connectivity index (χ2v) is 4.23. The summed E-state index contributed by atoms with van der Waals surface area (Å²) in [5, 5.41) is 2.79. The quantitative estimate of drug-likeness (QED) is 0.873. The first-order valence-electron chi connectivity index (χ1n) is 5.03. The number of aromatic nitrogens is 3. The molecule has 2 aromatic rings. The van der Waals surface area contributed by atoms with Crippen molar-refractivity contribution in [1.82, 2.24) is 19.9 Å². The van der Waals surface area contributed by atoms with Gasteiger partial charge in [0.1, 0.15) is 10.4 Å². The number of carbonyl (C=O) groups excluding carboxylic acids is 1. The van der Waals surface area contributed by atoms with E-state index in [1.807, 2.05) is 17.8 Å². The third-order valence-corrected chi connectivity index (χ3v) is 2.96. The number of hydrogen-bond donors (Lipinski definition) is 1. The van der Waals surface area contributed by atoms with E-state index in [-0.39, 0.29) is 5.91 Å². The average Bonchev–Trinajstić information content (AvgIpc) is 2.72. The number of carbonyl (C=O) groups is 1. The lowest BCUT2D eigenvalue weighted by Crippen LogP contribution is -2.24. The number of nitrogens with zero attached hydrogens (tertiary/aromatic N) is 3. The molecule has 88 valence electrons. The molecular formula is C11H11BrN4O. The van der Waals surface area contributed by atoms with Crippen LogP contribution in [0.2, 0.25) is 0 Å². The molecule has 0 unspecified atom stereocenters. The SMILES string of the molecule is Cn1ccnc1CNC(=O)c1cccnc1Br. The lowest BCUT2D eigenvalue weighted by molar-refractivity contribution is 0.0948. The summed E-state index contributed by atoms with van der Waals surface area (Å²) in [5.41, 5.74) is 0.515. The van der Waals surface area contributed by atoms with Crippen LogP contribution in [0, 0.1) is 0 Å². The molecule has 0 aromatic carbocycles. The normalized spacial score (nSPS) is 10.2. The third-order valence-electron chi connectivity index (χ3n) is 2.33. The lowest BCUT2D eigenvalue weighted by Gasteiger charge is -2.06. The number of rotatable bonds is 3. The Morgan fingerprint density at radius 1 is 1.47 bits per heavy atom. The maximum atomic E-state index is 11.9. The summed E-state index contributed by atoms with van der Waals surface area (Å²) in [6, 6.07) is 3.44. The van der Waals surface area contributed by atoms with Crippen molar-refractivity contribution >= 4 is 21.8 Å². The molecule has 2 heterocycles. The van der Waals surface area contributed by atoms with Crippen LogP contribution in [-0.4, -0.2) is 20.4 Å². The maximum absolute atomic E-state index is 11.9. The monoisotopic (exact) mass is 294 g/mol. The minimum Gasteiger partial charge on any atom is -0.345 e. The molecule has 17 heavy (non-hydrogen) atoms. The Morgan fingerprint density at radius 2 is 2.29 bits per heavy atom. The number of imidazole rings is 1. The number of nitrogens with one attached hydrogen (secondary N) is 1. The predicted octanol–water partition coefficient (Wildman–Crippen LogP) is 1.51. The molecule has 0 spiro atoms. The zero-order valence-corrected chi connectivity index (χ0v) is 10.8. The predicted molar refractivity (Wildman–Crippen MR) is 66.3 cm³/mol. The summed E-state index contributed by atoms with van der Waals surface area (Å²) in [4.78, 5) is 20.0. The van der Waals surface area contributed by atoms with Crippen molar-refractivity contribution in [2.75, 3.05) is 0 Å². The van der Waals surface area contributed by atoms with Gasteiger partial charge in [-0.3, -0.25) is 4.79 Å². The van der Waals surface area contributed by atoms with Gasteiger partial charge in [-0.25, -0.2) is 9.97 Å². The van der Waals surface area contributed by atoms with Gasteiger partial charge < -0.3 is 9.88 Å². The molecule has 0 fully saturated rings. The van der Waals surface area contributed by atoms with Crippen molar-refractivity contribution in [1.29, 1.82) is 0 Å². The van der Waals surface area contributed by atoms with Crippen LogP contribution in [0.1, 0.15) is 16.2 Å². The zero-order chi connectivity index (χ0) is 12.3. The molecule has 0 atom stereocenters. The maximum Gasteiger partial charge on any atom is 0.254 e. The Morgan fingerprint density at radius 3 is 2.94 bits per heavy atom. The van der Waals surface area contributed by atoms with Gasteiger partial charge in [0.25, 0.3) is 5.91 Å². The van der Waals surface area contributed by atoms with Crippen LogP contribution in [0.25, 0.3) is 0 Å². The second kappa shape index (κ2) is 5.09. The summed E-state index contributed by atoms with van der Waals surface area (Å²) >= 11 is 3.24. The molecule has 5 nitrogen and oxygen atoms in total. The van der Waals surface area contributed by atoms with Crippen LogP contribution < -0.4 is 5.32 Å². The Labute approximate surface area is 107 Å². The van der Waals surface area contributed by atoms with Crippen LogP contribution in [0.3, 0.4) is 0 Å². The van der Waals surface area contributed by atoms with Crippen LogP contribution in [0.15, 0.2) is 35.3 Å². The van der Waals surface area contributed by atoms with Gasteiger partial charge in [0.05, 0.1) is 12.1 Å². The molecule has 6 heteroatoms. The topological polar surface area (TPSA) is 59.8 Å². The van der Waals surface area contributed by atoms with Crippen LogP contribution in [0.4, 0.5) is 0 Å². The molecule has 0 bridgehead atoms. The molecule has 0 saturated heterocycles. The smallest absolute Gasteiger partial charge is 0.254 e. The van der Waals surface area contributed by atoms with Gasteiger partial charge in [-0.2, -0.15) is 0 Å². The summed E-state index contributed by atoms with van der Waals surface area (Å²) < 4.78 is 2.40. The second-order valence-electron chi connectivity index (χ2n) is 3.48. The summed E-state index contributed by atoms with van der Waals surface area (Å²) in [6.45, 7) is 0.393. The van der Waals surface area contributed by atoms with Crippen molar-refractivity contribution in [3.8, 4) is 0 Å². The van der Waals surface area contributed by atoms with Gasteiger partial charge in [-0.05, 0) is 28.1 Å². The van der Waals surface area contributed by atoms with E-state index < -0.39 is 0 Å². The van der Waals surface area contributed by atoms with Crippen molar-refractivity contribution in [2.45, 2.75) is 6.54 Å². The number of aryl methyl sites for hydroxylation is 1.